The summed E-state index contributed by atoms with van der Waals surface area (Å²) < 4.78 is 42.2. The zero-order valence-electron chi connectivity index (χ0n) is 16.5. The van der Waals surface area contributed by atoms with Crippen LogP contribution in [0.4, 0.5) is 13.2 Å². The first-order valence-electron chi connectivity index (χ1n) is 9.48. The van der Waals surface area contributed by atoms with Gasteiger partial charge in [0.25, 0.3) is 5.56 Å². The summed E-state index contributed by atoms with van der Waals surface area (Å²) >= 11 is 7.51. The molecule has 166 valence electrons. The van der Waals surface area contributed by atoms with E-state index in [1.165, 1.54) is 41.1 Å². The molecule has 12 heteroatoms. The quantitative estimate of drug-likeness (QED) is 0.282. The van der Waals surface area contributed by atoms with Crippen LogP contribution in [0.5, 0.6) is 0 Å². The van der Waals surface area contributed by atoms with Crippen molar-refractivity contribution in [1.82, 2.24) is 29.5 Å². The van der Waals surface area contributed by atoms with Gasteiger partial charge < -0.3 is 4.98 Å². The zero-order valence-corrected chi connectivity index (χ0v) is 18.0. The Balaban J connectivity index is 1.73. The Morgan fingerprint density at radius 3 is 2.67 bits per heavy atom. The van der Waals surface area contributed by atoms with E-state index in [1.807, 2.05) is 0 Å². The lowest BCUT2D eigenvalue weighted by molar-refractivity contribution is -0.136. The maximum absolute atomic E-state index is 13.7. The third kappa shape index (κ3) is 3.83. The molecule has 33 heavy (non-hydrogen) atoms. The van der Waals surface area contributed by atoms with Crippen LogP contribution in [0.1, 0.15) is 11.4 Å². The molecular formula is C21H12ClF3N6OS. The number of benzene rings is 2. The first-order chi connectivity index (χ1) is 15.8. The lowest BCUT2D eigenvalue weighted by Crippen LogP contribution is -2.25. The fourth-order valence-electron chi connectivity index (χ4n) is 3.45. The van der Waals surface area contributed by atoms with Crippen LogP contribution < -0.4 is 5.56 Å². The standard InChI is InChI=1S/C21H12ClF3N6OS/c22-13-6-1-2-7-14(13)31-15(8-33-19-17-18(27-9-26-17)28-10-29-19)30-16-11(20(31)32)4-3-5-12(16)21(23,24)25/h1-7,9-10H,8H2,(H,26,27,28,29). The van der Waals surface area contributed by atoms with E-state index in [1.54, 1.807) is 24.3 Å². The SMILES string of the molecule is O=c1c2cccc(C(F)(F)F)c2nc(CSc2ncnc3nc[nH]c23)n1-c1ccccc1Cl. The van der Waals surface area contributed by atoms with Gasteiger partial charge in [-0.1, -0.05) is 41.6 Å². The average molecular weight is 489 g/mol. The van der Waals surface area contributed by atoms with Crippen molar-refractivity contribution >= 4 is 45.4 Å². The minimum absolute atomic E-state index is 0.0354. The molecule has 0 bridgehead atoms. The molecule has 2 aromatic carbocycles. The molecule has 0 unspecified atom stereocenters. The number of para-hydroxylation sites is 2. The number of imidazole rings is 1. The second-order valence-corrected chi connectivity index (χ2v) is 8.26. The summed E-state index contributed by atoms with van der Waals surface area (Å²) in [6, 6.07) is 9.99. The first kappa shape index (κ1) is 21.4. The topological polar surface area (TPSA) is 89.3 Å². The van der Waals surface area contributed by atoms with E-state index in [0.29, 0.717) is 21.9 Å². The van der Waals surface area contributed by atoms with Crippen molar-refractivity contribution < 1.29 is 13.2 Å². The van der Waals surface area contributed by atoms with Gasteiger partial charge in [0.15, 0.2) is 5.65 Å². The molecule has 0 fully saturated rings. The lowest BCUT2D eigenvalue weighted by atomic mass is 10.1. The number of rotatable bonds is 4. The third-order valence-electron chi connectivity index (χ3n) is 4.89. The largest absolute Gasteiger partial charge is 0.418 e. The van der Waals surface area contributed by atoms with Crippen molar-refractivity contribution in [3.8, 4) is 5.69 Å². The molecule has 5 rings (SSSR count). The van der Waals surface area contributed by atoms with Crippen LogP contribution in [0.15, 0.2) is 64.9 Å². The highest BCUT2D eigenvalue weighted by Crippen LogP contribution is 2.34. The Morgan fingerprint density at radius 1 is 1.06 bits per heavy atom. The van der Waals surface area contributed by atoms with Crippen LogP contribution in [0.2, 0.25) is 5.02 Å². The van der Waals surface area contributed by atoms with E-state index in [0.717, 1.165) is 6.07 Å². The lowest BCUT2D eigenvalue weighted by Gasteiger charge is -2.16. The molecule has 0 atom stereocenters. The predicted octanol–water partition coefficient (Wildman–Crippen LogP) is 5.02. The number of halogens is 4. The highest BCUT2D eigenvalue weighted by molar-refractivity contribution is 7.98. The van der Waals surface area contributed by atoms with Gasteiger partial charge in [-0.25, -0.2) is 19.9 Å². The highest BCUT2D eigenvalue weighted by Gasteiger charge is 2.34. The Hall–Kier alpha value is -3.44. The van der Waals surface area contributed by atoms with E-state index in [2.05, 4.69) is 24.9 Å². The number of aromatic nitrogens is 6. The van der Waals surface area contributed by atoms with Crippen molar-refractivity contribution in [2.24, 2.45) is 0 Å². The molecule has 3 aromatic heterocycles. The van der Waals surface area contributed by atoms with Crippen molar-refractivity contribution in [1.29, 1.82) is 0 Å². The molecule has 0 radical (unpaired) electrons. The first-order valence-corrected chi connectivity index (χ1v) is 10.8. The number of aromatic amines is 1. The minimum Gasteiger partial charge on any atom is -0.341 e. The smallest absolute Gasteiger partial charge is 0.341 e. The summed E-state index contributed by atoms with van der Waals surface area (Å²) in [6.45, 7) is 0. The van der Waals surface area contributed by atoms with Gasteiger partial charge in [-0.05, 0) is 24.3 Å². The van der Waals surface area contributed by atoms with Crippen LogP contribution in [-0.2, 0) is 11.9 Å². The Labute approximate surface area is 192 Å². The number of thioether (sulfide) groups is 1. The number of fused-ring (bicyclic) bond motifs is 2. The molecule has 0 saturated carbocycles. The summed E-state index contributed by atoms with van der Waals surface area (Å²) in [5.74, 6) is 0.127. The van der Waals surface area contributed by atoms with Gasteiger partial charge in [-0.2, -0.15) is 13.2 Å². The number of nitrogens with zero attached hydrogens (tertiary/aromatic N) is 5. The summed E-state index contributed by atoms with van der Waals surface area (Å²) in [6.07, 6.45) is -1.87. The van der Waals surface area contributed by atoms with Gasteiger partial charge in [0.2, 0.25) is 0 Å². The highest BCUT2D eigenvalue weighted by atomic mass is 35.5. The van der Waals surface area contributed by atoms with Crippen LogP contribution in [-0.4, -0.2) is 29.5 Å². The molecule has 0 aliphatic rings. The zero-order chi connectivity index (χ0) is 23.2. The fourth-order valence-corrected chi connectivity index (χ4v) is 4.54. The molecule has 7 nitrogen and oxygen atoms in total. The van der Waals surface area contributed by atoms with Crippen LogP contribution >= 0.6 is 23.4 Å². The molecule has 0 amide bonds. The summed E-state index contributed by atoms with van der Waals surface area (Å²) in [5.41, 5.74) is -0.700. The van der Waals surface area contributed by atoms with Gasteiger partial charge in [0.1, 0.15) is 22.7 Å². The Bertz CT molecular complexity index is 1570. The molecule has 0 spiro atoms. The second kappa shape index (κ2) is 8.16. The van der Waals surface area contributed by atoms with E-state index < -0.39 is 22.8 Å². The fraction of sp³-hybridized carbons (Fsp3) is 0.0952. The van der Waals surface area contributed by atoms with E-state index in [-0.39, 0.29) is 22.0 Å². The number of hydrogen-bond acceptors (Lipinski definition) is 6. The summed E-state index contributed by atoms with van der Waals surface area (Å²) in [4.78, 5) is 33.0. The van der Waals surface area contributed by atoms with Crippen molar-refractivity contribution in [3.63, 3.8) is 0 Å². The monoisotopic (exact) mass is 488 g/mol. The minimum atomic E-state index is -4.67. The molecular weight excluding hydrogens is 477 g/mol. The number of alkyl halides is 3. The predicted molar refractivity (Wildman–Crippen MR) is 119 cm³/mol. The summed E-state index contributed by atoms with van der Waals surface area (Å²) in [7, 11) is 0. The van der Waals surface area contributed by atoms with Crippen molar-refractivity contribution in [2.75, 3.05) is 0 Å². The van der Waals surface area contributed by atoms with Gasteiger partial charge >= 0.3 is 6.18 Å². The Kier molecular flexibility index (Phi) is 5.29. The van der Waals surface area contributed by atoms with Crippen LogP contribution in [0, 0.1) is 0 Å². The van der Waals surface area contributed by atoms with Crippen molar-refractivity contribution in [3.05, 3.63) is 81.9 Å². The molecule has 3 heterocycles. The summed E-state index contributed by atoms with van der Waals surface area (Å²) in [5, 5.41) is 0.620. The van der Waals surface area contributed by atoms with Gasteiger partial charge in [-0.3, -0.25) is 9.36 Å². The maximum Gasteiger partial charge on any atom is 0.418 e. The molecule has 0 aliphatic heterocycles. The molecule has 0 aliphatic carbocycles. The van der Waals surface area contributed by atoms with Crippen LogP contribution in [0.3, 0.4) is 0 Å². The molecule has 0 saturated heterocycles. The van der Waals surface area contributed by atoms with Gasteiger partial charge in [-0.15, -0.1) is 0 Å². The normalized spacial score (nSPS) is 12.0. The maximum atomic E-state index is 13.7. The molecule has 5 aromatic rings. The van der Waals surface area contributed by atoms with E-state index in [9.17, 15) is 18.0 Å². The average Bonchev–Trinajstić information content (AvgIpc) is 3.27. The van der Waals surface area contributed by atoms with Crippen molar-refractivity contribution in [2.45, 2.75) is 17.0 Å². The Morgan fingerprint density at radius 2 is 1.88 bits per heavy atom. The third-order valence-corrected chi connectivity index (χ3v) is 6.20. The molecule has 1 N–H and O–H groups in total. The van der Waals surface area contributed by atoms with Gasteiger partial charge in [0, 0.05) is 0 Å². The number of H-pyrrole nitrogens is 1. The van der Waals surface area contributed by atoms with E-state index in [4.69, 9.17) is 11.6 Å². The van der Waals surface area contributed by atoms with Gasteiger partial charge in [0.05, 0.1) is 39.3 Å². The second-order valence-electron chi connectivity index (χ2n) is 6.89. The number of nitrogens with one attached hydrogen (secondary N) is 1. The van der Waals surface area contributed by atoms with E-state index >= 15 is 0 Å². The number of hydrogen-bond donors (Lipinski definition) is 1. The van der Waals surface area contributed by atoms with Crippen LogP contribution in [0.25, 0.3) is 27.8 Å².